The van der Waals surface area contributed by atoms with Crippen molar-refractivity contribution in [2.24, 2.45) is 0 Å². The fourth-order valence-electron chi connectivity index (χ4n) is 1.63. The summed E-state index contributed by atoms with van der Waals surface area (Å²) in [4.78, 5) is 15.0. The molecular formula is C12H6ClF3N2O2. The topological polar surface area (TPSA) is 43.6 Å². The van der Waals surface area contributed by atoms with Crippen molar-refractivity contribution in [1.82, 2.24) is 9.38 Å². The maximum atomic E-state index is 13.0. The first kappa shape index (κ1) is 14.2. The van der Waals surface area contributed by atoms with Gasteiger partial charge in [0.25, 0.3) is 0 Å². The molecule has 0 radical (unpaired) electrons. The number of hydrogen-bond donors (Lipinski definition) is 0. The van der Waals surface area contributed by atoms with Gasteiger partial charge in [-0.05, 0) is 6.07 Å². The first-order valence-electron chi connectivity index (χ1n) is 5.13. The van der Waals surface area contributed by atoms with Gasteiger partial charge in [0.15, 0.2) is 11.3 Å². The Hall–Kier alpha value is -2.20. The Kier molecular flexibility index (Phi) is 3.36. The summed E-state index contributed by atoms with van der Waals surface area (Å²) in [6.07, 6.45) is 1.61. The predicted molar refractivity (Wildman–Crippen MR) is 64.5 cm³/mol. The number of ether oxygens (including phenoxy) is 1. The van der Waals surface area contributed by atoms with E-state index < -0.39 is 29.1 Å². The number of imidazole rings is 1. The van der Waals surface area contributed by atoms with Crippen LogP contribution in [-0.2, 0) is 10.9 Å². The first-order valence-corrected chi connectivity index (χ1v) is 5.51. The van der Waals surface area contributed by atoms with Crippen molar-refractivity contribution in [3.63, 3.8) is 0 Å². The zero-order valence-electron chi connectivity index (χ0n) is 9.95. The summed E-state index contributed by atoms with van der Waals surface area (Å²) in [6, 6.07) is 0.764. The van der Waals surface area contributed by atoms with Gasteiger partial charge >= 0.3 is 12.1 Å². The summed E-state index contributed by atoms with van der Waals surface area (Å²) >= 11 is 5.85. The van der Waals surface area contributed by atoms with Gasteiger partial charge in [-0.15, -0.1) is 6.42 Å². The molecule has 104 valence electrons. The molecule has 0 aliphatic heterocycles. The maximum Gasteiger partial charge on any atom is 0.420 e. The molecule has 0 aliphatic carbocycles. The maximum absolute atomic E-state index is 13.0. The van der Waals surface area contributed by atoms with E-state index in [2.05, 4.69) is 15.6 Å². The number of aromatic nitrogens is 2. The SMILES string of the molecule is C#Cc1cc(C(F)(F)F)c2nc(C(=O)OC)c(Cl)n2c1. The van der Waals surface area contributed by atoms with Gasteiger partial charge in [-0.2, -0.15) is 13.2 Å². The first-order chi connectivity index (χ1) is 9.29. The van der Waals surface area contributed by atoms with E-state index in [1.54, 1.807) is 0 Å². The zero-order valence-corrected chi connectivity index (χ0v) is 10.7. The summed E-state index contributed by atoms with van der Waals surface area (Å²) in [5.41, 5.74) is -2.04. The van der Waals surface area contributed by atoms with E-state index in [4.69, 9.17) is 18.0 Å². The molecule has 8 heteroatoms. The van der Waals surface area contributed by atoms with Gasteiger partial charge in [0, 0.05) is 11.8 Å². The Bertz CT molecular complexity index is 744. The molecule has 2 rings (SSSR count). The van der Waals surface area contributed by atoms with E-state index in [-0.39, 0.29) is 10.7 Å². The number of esters is 1. The number of fused-ring (bicyclic) bond motifs is 1. The summed E-state index contributed by atoms with van der Waals surface area (Å²) in [7, 11) is 1.07. The van der Waals surface area contributed by atoms with Crippen LogP contribution in [0.1, 0.15) is 21.6 Å². The molecule has 0 fully saturated rings. The van der Waals surface area contributed by atoms with E-state index in [1.165, 1.54) is 6.20 Å². The highest BCUT2D eigenvalue weighted by molar-refractivity contribution is 6.32. The van der Waals surface area contributed by atoms with Crippen LogP contribution in [0.4, 0.5) is 13.2 Å². The number of halogens is 4. The number of alkyl halides is 3. The minimum Gasteiger partial charge on any atom is -0.464 e. The molecule has 0 saturated heterocycles. The quantitative estimate of drug-likeness (QED) is 0.601. The van der Waals surface area contributed by atoms with Gasteiger partial charge < -0.3 is 4.74 Å². The highest BCUT2D eigenvalue weighted by Crippen LogP contribution is 2.34. The number of rotatable bonds is 1. The fourth-order valence-corrected chi connectivity index (χ4v) is 1.88. The summed E-state index contributed by atoms with van der Waals surface area (Å²) in [6.45, 7) is 0. The van der Waals surface area contributed by atoms with Gasteiger partial charge in [0.1, 0.15) is 10.7 Å². The lowest BCUT2D eigenvalue weighted by molar-refractivity contribution is -0.136. The molecule has 0 atom stereocenters. The number of methoxy groups -OCH3 is 1. The van der Waals surface area contributed by atoms with Crippen LogP contribution >= 0.6 is 11.6 Å². The lowest BCUT2D eigenvalue weighted by Gasteiger charge is -2.08. The molecule has 4 nitrogen and oxygen atoms in total. The second-order valence-electron chi connectivity index (χ2n) is 3.72. The van der Waals surface area contributed by atoms with Crippen LogP contribution in [0, 0.1) is 12.3 Å². The number of pyridine rings is 1. The van der Waals surface area contributed by atoms with Crippen molar-refractivity contribution in [1.29, 1.82) is 0 Å². The third-order valence-corrected chi connectivity index (χ3v) is 2.87. The minimum atomic E-state index is -4.68. The van der Waals surface area contributed by atoms with Crippen LogP contribution in [0.5, 0.6) is 0 Å². The van der Waals surface area contributed by atoms with Crippen molar-refractivity contribution >= 4 is 23.2 Å². The number of terminal acetylenes is 1. The molecule has 0 saturated carbocycles. The second kappa shape index (κ2) is 4.72. The Morgan fingerprint density at radius 2 is 2.20 bits per heavy atom. The van der Waals surface area contributed by atoms with Gasteiger partial charge in [0.05, 0.1) is 7.11 Å². The van der Waals surface area contributed by atoms with Crippen LogP contribution in [0.15, 0.2) is 12.3 Å². The molecular weight excluding hydrogens is 297 g/mol. The average Bonchev–Trinajstić information content (AvgIpc) is 2.73. The van der Waals surface area contributed by atoms with E-state index in [1.807, 2.05) is 0 Å². The highest BCUT2D eigenvalue weighted by Gasteiger charge is 2.36. The van der Waals surface area contributed by atoms with Gasteiger partial charge in [-0.25, -0.2) is 9.78 Å². The van der Waals surface area contributed by atoms with Crippen molar-refractivity contribution in [2.75, 3.05) is 7.11 Å². The molecule has 0 bridgehead atoms. The lowest BCUT2D eigenvalue weighted by Crippen LogP contribution is -2.08. The molecule has 2 heterocycles. The molecule has 0 spiro atoms. The number of nitrogens with zero attached hydrogens (tertiary/aromatic N) is 2. The third kappa shape index (κ3) is 2.18. The zero-order chi connectivity index (χ0) is 15.1. The Morgan fingerprint density at radius 3 is 2.70 bits per heavy atom. The van der Waals surface area contributed by atoms with Crippen LogP contribution in [0.3, 0.4) is 0 Å². The largest absolute Gasteiger partial charge is 0.464 e. The predicted octanol–water partition coefficient (Wildman–Crippen LogP) is 2.77. The van der Waals surface area contributed by atoms with Crippen molar-refractivity contribution in [2.45, 2.75) is 6.18 Å². The molecule has 0 amide bonds. The van der Waals surface area contributed by atoms with Crippen molar-refractivity contribution in [3.8, 4) is 12.3 Å². The summed E-state index contributed by atoms with van der Waals surface area (Å²) < 4.78 is 44.2. The fraction of sp³-hybridized carbons (Fsp3) is 0.167. The highest BCUT2D eigenvalue weighted by atomic mass is 35.5. The monoisotopic (exact) mass is 302 g/mol. The van der Waals surface area contributed by atoms with Crippen molar-refractivity contribution in [3.05, 3.63) is 34.2 Å². The van der Waals surface area contributed by atoms with Crippen molar-refractivity contribution < 1.29 is 22.7 Å². The van der Waals surface area contributed by atoms with Gasteiger partial charge in [-0.1, -0.05) is 17.5 Å². The Balaban J connectivity index is 2.87. The Labute approximate surface area is 116 Å². The number of carbonyl (C=O) groups excluding carboxylic acids is 1. The molecule has 0 unspecified atom stereocenters. The summed E-state index contributed by atoms with van der Waals surface area (Å²) in [5, 5.41) is -0.297. The van der Waals surface area contributed by atoms with Gasteiger partial charge in [-0.3, -0.25) is 4.40 Å². The third-order valence-electron chi connectivity index (χ3n) is 2.51. The normalized spacial score (nSPS) is 11.4. The second-order valence-corrected chi connectivity index (χ2v) is 4.08. The molecule has 2 aromatic heterocycles. The smallest absolute Gasteiger partial charge is 0.420 e. The molecule has 0 aliphatic rings. The summed E-state index contributed by atoms with van der Waals surface area (Å²) in [5.74, 6) is 1.15. The van der Waals surface area contributed by atoms with Crippen LogP contribution < -0.4 is 0 Å². The molecule has 0 aromatic carbocycles. The lowest BCUT2D eigenvalue weighted by atomic mass is 10.2. The molecule has 0 N–H and O–H groups in total. The van der Waals surface area contributed by atoms with E-state index in [9.17, 15) is 18.0 Å². The number of carbonyl (C=O) groups is 1. The van der Waals surface area contributed by atoms with E-state index in [0.717, 1.165) is 17.6 Å². The standard InChI is InChI=1S/C12H6ClF3N2O2/c1-3-6-4-7(12(14,15)16)10-17-8(11(19)20-2)9(13)18(10)5-6/h1,4-5H,2H3. The van der Waals surface area contributed by atoms with E-state index >= 15 is 0 Å². The van der Waals surface area contributed by atoms with Crippen LogP contribution in [-0.4, -0.2) is 22.5 Å². The minimum absolute atomic E-state index is 0.0412. The molecule has 20 heavy (non-hydrogen) atoms. The Morgan fingerprint density at radius 1 is 1.55 bits per heavy atom. The van der Waals surface area contributed by atoms with Crippen LogP contribution in [0.25, 0.3) is 5.65 Å². The van der Waals surface area contributed by atoms with Gasteiger partial charge in [0.2, 0.25) is 0 Å². The number of hydrogen-bond acceptors (Lipinski definition) is 3. The average molecular weight is 303 g/mol. The molecule has 2 aromatic rings. The van der Waals surface area contributed by atoms with E-state index in [0.29, 0.717) is 0 Å². The van der Waals surface area contributed by atoms with Crippen LogP contribution in [0.2, 0.25) is 5.15 Å².